The topological polar surface area (TPSA) is 96.4 Å². The number of carboxylic acid groups (broad SMARTS) is 1. The average molecular weight is 383 g/mol. The minimum absolute atomic E-state index is 0.0319. The van der Waals surface area contributed by atoms with Crippen molar-refractivity contribution in [1.29, 1.82) is 0 Å². The standard InChI is InChI=1S/C9H7BrN2O4S3/c10-6-1-2-8(18-6)19(15,16)11-3-7-12-5(4-17-7)9(13)14/h1-2,4,11H,3H2,(H,13,14). The zero-order chi connectivity index (χ0) is 14.0. The van der Waals surface area contributed by atoms with Crippen molar-refractivity contribution >= 4 is 54.6 Å². The normalized spacial score (nSPS) is 11.6. The number of hydrogen-bond donors (Lipinski definition) is 2. The van der Waals surface area contributed by atoms with E-state index in [0.717, 1.165) is 26.5 Å². The third kappa shape index (κ3) is 3.60. The maximum atomic E-state index is 11.9. The number of halogens is 1. The van der Waals surface area contributed by atoms with Crippen molar-refractivity contribution in [2.24, 2.45) is 0 Å². The van der Waals surface area contributed by atoms with Crippen molar-refractivity contribution in [2.75, 3.05) is 0 Å². The molecule has 0 bridgehead atoms. The minimum atomic E-state index is -3.59. The van der Waals surface area contributed by atoms with Gasteiger partial charge < -0.3 is 5.11 Å². The summed E-state index contributed by atoms with van der Waals surface area (Å²) in [7, 11) is -3.59. The molecule has 0 aliphatic heterocycles. The third-order valence-electron chi connectivity index (χ3n) is 2.00. The second-order valence-electron chi connectivity index (χ2n) is 3.31. The number of sulfonamides is 1. The number of nitrogens with one attached hydrogen (secondary N) is 1. The van der Waals surface area contributed by atoms with E-state index in [-0.39, 0.29) is 16.4 Å². The van der Waals surface area contributed by atoms with E-state index in [0.29, 0.717) is 5.01 Å². The van der Waals surface area contributed by atoms with Gasteiger partial charge in [-0.15, -0.1) is 22.7 Å². The number of carboxylic acids is 1. The van der Waals surface area contributed by atoms with Crippen LogP contribution in [0.3, 0.4) is 0 Å². The Labute approximate surface area is 125 Å². The van der Waals surface area contributed by atoms with Crippen molar-refractivity contribution < 1.29 is 18.3 Å². The van der Waals surface area contributed by atoms with Crippen molar-refractivity contribution in [2.45, 2.75) is 10.8 Å². The van der Waals surface area contributed by atoms with E-state index in [1.165, 1.54) is 11.4 Å². The molecule has 10 heteroatoms. The molecule has 0 saturated carbocycles. The molecule has 0 unspecified atom stereocenters. The van der Waals surface area contributed by atoms with Crippen LogP contribution in [0.15, 0.2) is 25.5 Å². The zero-order valence-corrected chi connectivity index (χ0v) is 13.2. The Kier molecular flexibility index (Phi) is 4.36. The van der Waals surface area contributed by atoms with Gasteiger partial charge in [0, 0.05) is 5.38 Å². The fraction of sp³-hybridized carbons (Fsp3) is 0.111. The molecule has 2 N–H and O–H groups in total. The first-order valence-electron chi connectivity index (χ1n) is 4.81. The van der Waals surface area contributed by atoms with Gasteiger partial charge in [-0.3, -0.25) is 0 Å². The second-order valence-corrected chi connectivity index (χ2v) is 8.71. The number of thiophene rings is 1. The first-order valence-corrected chi connectivity index (χ1v) is 8.78. The molecule has 0 aliphatic carbocycles. The fourth-order valence-electron chi connectivity index (χ4n) is 1.16. The molecule has 0 amide bonds. The highest BCUT2D eigenvalue weighted by molar-refractivity contribution is 9.11. The van der Waals surface area contributed by atoms with E-state index in [2.05, 4.69) is 25.6 Å². The van der Waals surface area contributed by atoms with Gasteiger partial charge in [-0.1, -0.05) is 0 Å². The number of hydrogen-bond acceptors (Lipinski definition) is 6. The molecule has 2 aromatic rings. The summed E-state index contributed by atoms with van der Waals surface area (Å²) >= 11 is 5.38. The van der Waals surface area contributed by atoms with Crippen molar-refractivity contribution in [1.82, 2.24) is 9.71 Å². The fourth-order valence-corrected chi connectivity index (χ4v) is 5.00. The molecule has 0 saturated heterocycles. The van der Waals surface area contributed by atoms with E-state index in [4.69, 9.17) is 5.11 Å². The van der Waals surface area contributed by atoms with Gasteiger partial charge in [-0.25, -0.2) is 22.9 Å². The monoisotopic (exact) mass is 382 g/mol. The van der Waals surface area contributed by atoms with Crippen LogP contribution in [0.25, 0.3) is 0 Å². The van der Waals surface area contributed by atoms with Crippen LogP contribution in [0.5, 0.6) is 0 Å². The van der Waals surface area contributed by atoms with Gasteiger partial charge in [0.15, 0.2) is 5.69 Å². The van der Waals surface area contributed by atoms with E-state index in [1.54, 1.807) is 6.07 Å². The summed E-state index contributed by atoms with van der Waals surface area (Å²) in [5.41, 5.74) is -0.0851. The largest absolute Gasteiger partial charge is 0.476 e. The number of rotatable bonds is 5. The molecule has 0 radical (unpaired) electrons. The number of carbonyl (C=O) groups is 1. The molecule has 6 nitrogen and oxygen atoms in total. The Bertz CT molecular complexity index is 707. The van der Waals surface area contributed by atoms with Crippen molar-refractivity contribution in [3.63, 3.8) is 0 Å². The first-order chi connectivity index (χ1) is 8.88. The number of aromatic nitrogens is 1. The highest BCUT2D eigenvalue weighted by atomic mass is 79.9. The van der Waals surface area contributed by atoms with Gasteiger partial charge >= 0.3 is 5.97 Å². The van der Waals surface area contributed by atoms with Crippen molar-refractivity contribution in [3.8, 4) is 0 Å². The van der Waals surface area contributed by atoms with Crippen LogP contribution < -0.4 is 4.72 Å². The summed E-state index contributed by atoms with van der Waals surface area (Å²) < 4.78 is 27.1. The first kappa shape index (κ1) is 14.6. The van der Waals surface area contributed by atoms with Crippen LogP contribution in [-0.4, -0.2) is 24.5 Å². The molecule has 102 valence electrons. The highest BCUT2D eigenvalue weighted by Gasteiger charge is 2.17. The Balaban J connectivity index is 2.07. The van der Waals surface area contributed by atoms with Gasteiger partial charge in [-0.05, 0) is 28.1 Å². The molecule has 19 heavy (non-hydrogen) atoms. The van der Waals surface area contributed by atoms with Gasteiger partial charge in [0.1, 0.15) is 9.22 Å². The lowest BCUT2D eigenvalue weighted by Gasteiger charge is -2.01. The molecule has 0 fully saturated rings. The van der Waals surface area contributed by atoms with Crippen LogP contribution in [0, 0.1) is 0 Å². The van der Waals surface area contributed by atoms with Gasteiger partial charge in [0.25, 0.3) is 0 Å². The highest BCUT2D eigenvalue weighted by Crippen LogP contribution is 2.26. The molecule has 2 heterocycles. The SMILES string of the molecule is O=C(O)c1csc(CNS(=O)(=O)c2ccc(Br)s2)n1. The van der Waals surface area contributed by atoms with Crippen molar-refractivity contribution in [3.05, 3.63) is 32.0 Å². The number of thiazole rings is 1. The summed E-state index contributed by atoms with van der Waals surface area (Å²) in [5.74, 6) is -1.13. The average Bonchev–Trinajstić information content (AvgIpc) is 2.95. The summed E-state index contributed by atoms with van der Waals surface area (Å²) in [4.78, 5) is 14.4. The van der Waals surface area contributed by atoms with Crippen LogP contribution >= 0.6 is 38.6 Å². The van der Waals surface area contributed by atoms with Crippen LogP contribution in [0.4, 0.5) is 0 Å². The smallest absolute Gasteiger partial charge is 0.355 e. The molecular weight excluding hydrogens is 376 g/mol. The lowest BCUT2D eigenvalue weighted by Crippen LogP contribution is -2.22. The van der Waals surface area contributed by atoms with Gasteiger partial charge in [0.2, 0.25) is 10.0 Å². The predicted octanol–water partition coefficient (Wildman–Crippen LogP) is 2.14. The summed E-state index contributed by atoms with van der Waals surface area (Å²) in [6.07, 6.45) is 0. The maximum Gasteiger partial charge on any atom is 0.355 e. The quantitative estimate of drug-likeness (QED) is 0.825. The van der Waals surface area contributed by atoms with E-state index >= 15 is 0 Å². The third-order valence-corrected chi connectivity index (χ3v) is 6.36. The summed E-state index contributed by atoms with van der Waals surface area (Å²) in [6.45, 7) is -0.0319. The van der Waals surface area contributed by atoms with Crippen LogP contribution in [0.1, 0.15) is 15.5 Å². The van der Waals surface area contributed by atoms with E-state index < -0.39 is 16.0 Å². The Morgan fingerprint density at radius 1 is 1.47 bits per heavy atom. The predicted molar refractivity (Wildman–Crippen MR) is 75.1 cm³/mol. The van der Waals surface area contributed by atoms with Crippen LogP contribution in [-0.2, 0) is 16.6 Å². The Morgan fingerprint density at radius 3 is 2.74 bits per heavy atom. The molecular formula is C9H7BrN2O4S3. The van der Waals surface area contributed by atoms with Crippen LogP contribution in [0.2, 0.25) is 0 Å². The summed E-state index contributed by atoms with van der Waals surface area (Å²) in [6, 6.07) is 3.13. The molecule has 0 aromatic carbocycles. The second kappa shape index (κ2) is 5.67. The zero-order valence-electron chi connectivity index (χ0n) is 9.16. The van der Waals surface area contributed by atoms with Gasteiger partial charge in [-0.2, -0.15) is 0 Å². The van der Waals surface area contributed by atoms with Gasteiger partial charge in [0.05, 0.1) is 10.3 Å². The number of aromatic carboxylic acids is 1. The maximum absolute atomic E-state index is 11.9. The molecule has 0 aliphatic rings. The van der Waals surface area contributed by atoms with E-state index in [9.17, 15) is 13.2 Å². The Morgan fingerprint density at radius 2 is 2.21 bits per heavy atom. The summed E-state index contributed by atoms with van der Waals surface area (Å²) in [5, 5.41) is 10.5. The van der Waals surface area contributed by atoms with E-state index in [1.807, 2.05) is 0 Å². The molecule has 2 aromatic heterocycles. The molecule has 0 atom stereocenters. The Hall–Kier alpha value is -0.810. The number of nitrogens with zero attached hydrogens (tertiary/aromatic N) is 1. The lowest BCUT2D eigenvalue weighted by atomic mass is 10.5. The lowest BCUT2D eigenvalue weighted by molar-refractivity contribution is 0.0691. The minimum Gasteiger partial charge on any atom is -0.476 e. The molecule has 0 spiro atoms. The molecule has 2 rings (SSSR count).